The van der Waals surface area contributed by atoms with Gasteiger partial charge in [0.25, 0.3) is 0 Å². The second-order valence-corrected chi connectivity index (χ2v) is 2.99. The Kier molecular flexibility index (Phi) is 3.19. The number of esters is 1. The van der Waals surface area contributed by atoms with Crippen LogP contribution in [0.4, 0.5) is 8.78 Å². The molecule has 0 atom stereocenters. The lowest BCUT2D eigenvalue weighted by molar-refractivity contribution is -0.251. The molecule has 0 heterocycles. The van der Waals surface area contributed by atoms with Gasteiger partial charge in [0.2, 0.25) is 0 Å². The molecule has 13 heavy (non-hydrogen) atoms. The fourth-order valence-electron chi connectivity index (χ4n) is 0.781. The second kappa shape index (κ2) is 4.00. The molecule has 1 rings (SSSR count). The highest BCUT2D eigenvalue weighted by Crippen LogP contribution is 2.31. The van der Waals surface area contributed by atoms with Crippen LogP contribution in [0.25, 0.3) is 0 Å². The van der Waals surface area contributed by atoms with E-state index in [9.17, 15) is 13.6 Å². The maximum absolute atomic E-state index is 12.7. The van der Waals surface area contributed by atoms with E-state index < -0.39 is 12.1 Å². The van der Waals surface area contributed by atoms with Crippen LogP contribution in [-0.2, 0) is 14.3 Å². The molecule has 0 spiro atoms. The summed E-state index contributed by atoms with van der Waals surface area (Å²) >= 11 is 0. The first-order valence-electron chi connectivity index (χ1n) is 4.25. The predicted molar refractivity (Wildman–Crippen MR) is 40.3 cm³/mol. The molecular formula is C8H12F2O3. The molecule has 0 aromatic carbocycles. The van der Waals surface area contributed by atoms with E-state index in [0.29, 0.717) is 0 Å². The lowest BCUT2D eigenvalue weighted by atomic mass is 10.5. The van der Waals surface area contributed by atoms with Gasteiger partial charge in [0.15, 0.2) is 0 Å². The van der Waals surface area contributed by atoms with Crippen LogP contribution in [-0.4, -0.2) is 25.3 Å². The van der Waals surface area contributed by atoms with Crippen molar-refractivity contribution in [3.63, 3.8) is 0 Å². The predicted octanol–water partition coefficient (Wildman–Crippen LogP) is 1.57. The fraction of sp³-hybridized carbons (Fsp3) is 0.875. The molecule has 0 aromatic rings. The summed E-state index contributed by atoms with van der Waals surface area (Å²) < 4.78 is 33.7. The number of alkyl halides is 2. The molecule has 0 bridgehead atoms. The van der Waals surface area contributed by atoms with E-state index in [-0.39, 0.29) is 19.1 Å². The van der Waals surface area contributed by atoms with Crippen LogP contribution >= 0.6 is 0 Å². The molecule has 0 radical (unpaired) electrons. The third-order valence-electron chi connectivity index (χ3n) is 1.71. The third-order valence-corrected chi connectivity index (χ3v) is 1.71. The van der Waals surface area contributed by atoms with E-state index in [1.54, 1.807) is 0 Å². The van der Waals surface area contributed by atoms with Gasteiger partial charge >= 0.3 is 12.1 Å². The molecule has 1 fully saturated rings. The summed E-state index contributed by atoms with van der Waals surface area (Å²) in [7, 11) is 0. The van der Waals surface area contributed by atoms with Gasteiger partial charge in [0.1, 0.15) is 0 Å². The Balaban J connectivity index is 2.28. The highest BCUT2D eigenvalue weighted by Gasteiger charge is 2.43. The van der Waals surface area contributed by atoms with E-state index in [4.69, 9.17) is 0 Å². The summed E-state index contributed by atoms with van der Waals surface area (Å²) in [5.74, 6) is -1.41. The molecule has 3 nitrogen and oxygen atoms in total. The zero-order valence-corrected chi connectivity index (χ0v) is 7.39. The number of hydrogen-bond acceptors (Lipinski definition) is 3. The minimum absolute atomic E-state index is 0.0637. The zero-order valence-electron chi connectivity index (χ0n) is 7.39. The highest BCUT2D eigenvalue weighted by molar-refractivity contribution is 5.75. The van der Waals surface area contributed by atoms with Crippen LogP contribution in [0.3, 0.4) is 0 Å². The van der Waals surface area contributed by atoms with Crippen LogP contribution < -0.4 is 0 Å². The molecule has 5 heteroatoms. The topological polar surface area (TPSA) is 35.5 Å². The Morgan fingerprint density at radius 3 is 2.62 bits per heavy atom. The number of carbonyl (C=O) groups is 1. The minimum atomic E-state index is -3.78. The molecular weight excluding hydrogens is 182 g/mol. The monoisotopic (exact) mass is 194 g/mol. The number of carbonyl (C=O) groups excluding carboxylic acids is 1. The van der Waals surface area contributed by atoms with Gasteiger partial charge in [-0.05, 0) is 25.7 Å². The molecule has 0 saturated heterocycles. The number of rotatable bonds is 5. The Morgan fingerprint density at radius 1 is 1.54 bits per heavy atom. The van der Waals surface area contributed by atoms with Gasteiger partial charge in [-0.25, -0.2) is 4.79 Å². The molecule has 1 aliphatic carbocycles. The quantitative estimate of drug-likeness (QED) is 0.623. The van der Waals surface area contributed by atoms with Gasteiger partial charge < -0.3 is 9.47 Å². The van der Waals surface area contributed by atoms with Crippen molar-refractivity contribution in [3.8, 4) is 0 Å². The number of hydrogen-bond donors (Lipinski definition) is 0. The van der Waals surface area contributed by atoms with Gasteiger partial charge in [0, 0.05) is 0 Å². The van der Waals surface area contributed by atoms with E-state index in [1.807, 2.05) is 0 Å². The summed E-state index contributed by atoms with van der Waals surface area (Å²) in [6, 6.07) is 0. The molecule has 0 amide bonds. The summed E-state index contributed by atoms with van der Waals surface area (Å²) in [4.78, 5) is 10.6. The molecule has 0 aromatic heterocycles. The van der Waals surface area contributed by atoms with Crippen LogP contribution in [0.1, 0.15) is 19.8 Å². The standard InChI is InChI=1S/C8H12F2O3/c1-2-12-7(11)8(9,10)13-5-6-3-4-6/h6H,2-5H2,1H3. The van der Waals surface area contributed by atoms with Crippen molar-refractivity contribution in [1.82, 2.24) is 0 Å². The summed E-state index contributed by atoms with van der Waals surface area (Å²) in [5.41, 5.74) is 0. The third kappa shape index (κ3) is 3.26. The van der Waals surface area contributed by atoms with E-state index in [1.165, 1.54) is 6.92 Å². The van der Waals surface area contributed by atoms with Gasteiger partial charge in [-0.2, -0.15) is 8.78 Å². The van der Waals surface area contributed by atoms with Crippen molar-refractivity contribution in [3.05, 3.63) is 0 Å². The van der Waals surface area contributed by atoms with Crippen molar-refractivity contribution >= 4 is 5.97 Å². The maximum atomic E-state index is 12.7. The van der Waals surface area contributed by atoms with Crippen molar-refractivity contribution in [1.29, 1.82) is 0 Å². The molecule has 0 N–H and O–H groups in total. The van der Waals surface area contributed by atoms with Crippen LogP contribution in [0, 0.1) is 5.92 Å². The minimum Gasteiger partial charge on any atom is -0.460 e. The molecule has 76 valence electrons. The lowest BCUT2D eigenvalue weighted by Gasteiger charge is -2.14. The van der Waals surface area contributed by atoms with Crippen molar-refractivity contribution in [2.24, 2.45) is 5.92 Å². The normalized spacial score (nSPS) is 17.2. The first-order chi connectivity index (χ1) is 6.06. The van der Waals surface area contributed by atoms with Crippen LogP contribution in [0.5, 0.6) is 0 Å². The van der Waals surface area contributed by atoms with Crippen LogP contribution in [0.15, 0.2) is 0 Å². The van der Waals surface area contributed by atoms with E-state index >= 15 is 0 Å². The largest absolute Gasteiger partial charge is 0.460 e. The lowest BCUT2D eigenvalue weighted by Crippen LogP contribution is -2.34. The first kappa shape index (κ1) is 10.4. The number of ether oxygens (including phenoxy) is 2. The summed E-state index contributed by atoms with van der Waals surface area (Å²) in [6.07, 6.45) is -1.98. The van der Waals surface area contributed by atoms with Gasteiger partial charge in [-0.3, -0.25) is 0 Å². The van der Waals surface area contributed by atoms with Crippen LogP contribution in [0.2, 0.25) is 0 Å². The Morgan fingerprint density at radius 2 is 2.15 bits per heavy atom. The Hall–Kier alpha value is -0.710. The van der Waals surface area contributed by atoms with E-state index in [0.717, 1.165) is 12.8 Å². The second-order valence-electron chi connectivity index (χ2n) is 2.99. The average molecular weight is 194 g/mol. The Bertz CT molecular complexity index is 190. The fourth-order valence-corrected chi connectivity index (χ4v) is 0.781. The van der Waals surface area contributed by atoms with Crippen molar-refractivity contribution in [2.75, 3.05) is 13.2 Å². The average Bonchev–Trinajstić information content (AvgIpc) is 2.84. The molecule has 0 unspecified atom stereocenters. The molecule has 0 aliphatic heterocycles. The van der Waals surface area contributed by atoms with Crippen molar-refractivity contribution < 1.29 is 23.0 Å². The van der Waals surface area contributed by atoms with Gasteiger partial charge in [-0.1, -0.05) is 0 Å². The first-order valence-corrected chi connectivity index (χ1v) is 4.25. The zero-order chi connectivity index (χ0) is 9.90. The number of halogens is 2. The molecule has 1 aliphatic rings. The maximum Gasteiger partial charge on any atom is 0.456 e. The smallest absolute Gasteiger partial charge is 0.456 e. The molecule has 1 saturated carbocycles. The highest BCUT2D eigenvalue weighted by atomic mass is 19.3. The van der Waals surface area contributed by atoms with Crippen molar-refractivity contribution in [2.45, 2.75) is 25.9 Å². The SMILES string of the molecule is CCOC(=O)C(F)(F)OCC1CC1. The Labute approximate surface area is 75.0 Å². The summed E-state index contributed by atoms with van der Waals surface area (Å²) in [6.45, 7) is 1.34. The van der Waals surface area contributed by atoms with Gasteiger partial charge in [-0.15, -0.1) is 0 Å². The van der Waals surface area contributed by atoms with E-state index in [2.05, 4.69) is 9.47 Å². The van der Waals surface area contributed by atoms with Gasteiger partial charge in [0.05, 0.1) is 13.2 Å². The summed E-state index contributed by atoms with van der Waals surface area (Å²) in [5, 5.41) is 0.